The number of hydrogen-bond donors (Lipinski definition) is 1. The van der Waals surface area contributed by atoms with Crippen LogP contribution in [0, 0.1) is 13.8 Å². The Morgan fingerprint density at radius 1 is 1.35 bits per heavy atom. The van der Waals surface area contributed by atoms with E-state index in [0.29, 0.717) is 31.9 Å². The topological polar surface area (TPSA) is 58.6 Å². The normalized spacial score (nSPS) is 16.9. The highest BCUT2D eigenvalue weighted by atomic mass is 32.1. The van der Waals surface area contributed by atoms with Crippen LogP contribution in [0.4, 0.5) is 0 Å². The number of ether oxygens (including phenoxy) is 1. The summed E-state index contributed by atoms with van der Waals surface area (Å²) in [5.74, 6) is -0.229. The molecule has 2 amide bonds. The monoisotopic (exact) mass is 296 g/mol. The van der Waals surface area contributed by atoms with Crippen LogP contribution < -0.4 is 5.32 Å². The molecule has 1 saturated heterocycles. The zero-order valence-electron chi connectivity index (χ0n) is 12.1. The van der Waals surface area contributed by atoms with Crippen molar-refractivity contribution in [1.82, 2.24) is 10.2 Å². The van der Waals surface area contributed by atoms with E-state index >= 15 is 0 Å². The van der Waals surface area contributed by atoms with Crippen LogP contribution in [-0.4, -0.2) is 49.1 Å². The molecule has 20 heavy (non-hydrogen) atoms. The Bertz CT molecular complexity index is 507. The second kappa shape index (κ2) is 6.37. The first kappa shape index (κ1) is 15.0. The molecule has 1 aliphatic heterocycles. The molecule has 0 spiro atoms. The summed E-state index contributed by atoms with van der Waals surface area (Å²) >= 11 is 1.59. The van der Waals surface area contributed by atoms with Crippen LogP contribution in [0.2, 0.25) is 0 Å². The number of rotatable bonds is 3. The summed E-state index contributed by atoms with van der Waals surface area (Å²) in [6, 6.07) is 1.35. The van der Waals surface area contributed by atoms with Gasteiger partial charge in [0.05, 0.1) is 18.8 Å². The summed E-state index contributed by atoms with van der Waals surface area (Å²) < 4.78 is 5.22. The molecule has 0 saturated carbocycles. The average molecular weight is 296 g/mol. The molecule has 1 aromatic heterocycles. The second-order valence-electron chi connectivity index (χ2n) is 4.96. The highest BCUT2D eigenvalue weighted by molar-refractivity contribution is 7.12. The van der Waals surface area contributed by atoms with Crippen LogP contribution in [0.3, 0.4) is 0 Å². The first-order valence-corrected chi connectivity index (χ1v) is 7.55. The fourth-order valence-electron chi connectivity index (χ4n) is 2.25. The number of hydrogen-bond acceptors (Lipinski definition) is 4. The standard InChI is InChI=1S/C14H20N2O3S/c1-9-8-12(11(3)20-9)13(17)15-10(2)14(18)16-4-6-19-7-5-16/h8,10H,4-7H2,1-3H3,(H,15,17)/t10-/m0/s1. The number of aryl methyl sites for hydroxylation is 2. The van der Waals surface area contributed by atoms with Gasteiger partial charge in [-0.2, -0.15) is 0 Å². The van der Waals surface area contributed by atoms with Crippen molar-refractivity contribution in [3.05, 3.63) is 21.4 Å². The Balaban J connectivity index is 1.96. The minimum absolute atomic E-state index is 0.0498. The largest absolute Gasteiger partial charge is 0.378 e. The third kappa shape index (κ3) is 3.37. The molecule has 1 N–H and O–H groups in total. The van der Waals surface area contributed by atoms with Gasteiger partial charge >= 0.3 is 0 Å². The van der Waals surface area contributed by atoms with Gasteiger partial charge in [-0.25, -0.2) is 0 Å². The van der Waals surface area contributed by atoms with E-state index < -0.39 is 6.04 Å². The number of carbonyl (C=O) groups excluding carboxylic acids is 2. The van der Waals surface area contributed by atoms with Crippen LogP contribution in [0.1, 0.15) is 27.0 Å². The van der Waals surface area contributed by atoms with Gasteiger partial charge in [0, 0.05) is 22.8 Å². The molecular weight excluding hydrogens is 276 g/mol. The van der Waals surface area contributed by atoms with Crippen LogP contribution >= 0.6 is 11.3 Å². The molecule has 1 aromatic rings. The zero-order chi connectivity index (χ0) is 14.7. The van der Waals surface area contributed by atoms with E-state index in [9.17, 15) is 9.59 Å². The molecule has 6 heteroatoms. The number of nitrogens with zero attached hydrogens (tertiary/aromatic N) is 1. The van der Waals surface area contributed by atoms with Crippen molar-refractivity contribution < 1.29 is 14.3 Å². The lowest BCUT2D eigenvalue weighted by Gasteiger charge is -2.29. The highest BCUT2D eigenvalue weighted by Gasteiger charge is 2.24. The molecule has 5 nitrogen and oxygen atoms in total. The summed E-state index contributed by atoms with van der Waals surface area (Å²) in [5, 5.41) is 2.78. The van der Waals surface area contributed by atoms with Crippen molar-refractivity contribution in [2.75, 3.05) is 26.3 Å². The number of carbonyl (C=O) groups is 2. The third-order valence-corrected chi connectivity index (χ3v) is 4.29. The van der Waals surface area contributed by atoms with Crippen LogP contribution in [0.25, 0.3) is 0 Å². The molecule has 1 aliphatic rings. The van der Waals surface area contributed by atoms with Gasteiger partial charge in [0.25, 0.3) is 5.91 Å². The molecule has 0 aromatic carbocycles. The van der Waals surface area contributed by atoms with Crippen LogP contribution in [0.5, 0.6) is 0 Å². The number of amides is 2. The van der Waals surface area contributed by atoms with E-state index in [0.717, 1.165) is 9.75 Å². The summed E-state index contributed by atoms with van der Waals surface area (Å²) in [7, 11) is 0. The fourth-order valence-corrected chi connectivity index (χ4v) is 3.17. The maximum absolute atomic E-state index is 12.2. The number of nitrogens with one attached hydrogen (secondary N) is 1. The molecule has 110 valence electrons. The predicted molar refractivity (Wildman–Crippen MR) is 78.1 cm³/mol. The minimum atomic E-state index is -0.514. The Kier molecular flexibility index (Phi) is 4.77. The molecule has 0 bridgehead atoms. The zero-order valence-corrected chi connectivity index (χ0v) is 12.9. The molecular formula is C14H20N2O3S. The van der Waals surface area contributed by atoms with E-state index in [1.807, 2.05) is 19.9 Å². The number of morpholine rings is 1. The SMILES string of the molecule is Cc1cc(C(=O)N[C@@H](C)C(=O)N2CCOCC2)c(C)s1. The molecule has 1 fully saturated rings. The molecule has 0 aliphatic carbocycles. The Labute approximate surface area is 122 Å². The first-order valence-electron chi connectivity index (χ1n) is 6.73. The smallest absolute Gasteiger partial charge is 0.253 e. The summed E-state index contributed by atoms with van der Waals surface area (Å²) in [5.41, 5.74) is 0.661. The number of thiophene rings is 1. The van der Waals surface area contributed by atoms with Gasteiger partial charge in [-0.1, -0.05) is 0 Å². The van der Waals surface area contributed by atoms with Crippen LogP contribution in [0.15, 0.2) is 6.07 Å². The summed E-state index contributed by atoms with van der Waals surface area (Å²) in [6.07, 6.45) is 0. The Hall–Kier alpha value is -1.40. The molecule has 2 rings (SSSR count). The van der Waals surface area contributed by atoms with Gasteiger partial charge in [-0.05, 0) is 26.8 Å². The molecule has 2 heterocycles. The van der Waals surface area contributed by atoms with Crippen molar-refractivity contribution in [2.24, 2.45) is 0 Å². The lowest BCUT2D eigenvalue weighted by Crippen LogP contribution is -2.50. The van der Waals surface area contributed by atoms with E-state index in [4.69, 9.17) is 4.74 Å². The van der Waals surface area contributed by atoms with E-state index in [2.05, 4.69) is 5.32 Å². The van der Waals surface area contributed by atoms with Gasteiger partial charge in [0.15, 0.2) is 0 Å². The molecule has 0 unspecified atom stereocenters. The van der Waals surface area contributed by atoms with Crippen molar-refractivity contribution in [1.29, 1.82) is 0 Å². The van der Waals surface area contributed by atoms with Gasteiger partial charge in [-0.3, -0.25) is 9.59 Å². The predicted octanol–water partition coefficient (Wildman–Crippen LogP) is 1.34. The van der Waals surface area contributed by atoms with E-state index in [-0.39, 0.29) is 11.8 Å². The summed E-state index contributed by atoms with van der Waals surface area (Å²) in [4.78, 5) is 28.2. The van der Waals surface area contributed by atoms with Crippen molar-refractivity contribution in [3.63, 3.8) is 0 Å². The van der Waals surface area contributed by atoms with Gasteiger partial charge in [0.2, 0.25) is 5.91 Å². The van der Waals surface area contributed by atoms with Gasteiger partial charge < -0.3 is 15.0 Å². The maximum atomic E-state index is 12.2. The first-order chi connectivity index (χ1) is 9.49. The van der Waals surface area contributed by atoms with Crippen molar-refractivity contribution in [2.45, 2.75) is 26.8 Å². The lowest BCUT2D eigenvalue weighted by atomic mass is 10.2. The van der Waals surface area contributed by atoms with Crippen molar-refractivity contribution >= 4 is 23.2 Å². The Morgan fingerprint density at radius 3 is 2.55 bits per heavy atom. The highest BCUT2D eigenvalue weighted by Crippen LogP contribution is 2.20. The van der Waals surface area contributed by atoms with E-state index in [1.165, 1.54) is 0 Å². The third-order valence-electron chi connectivity index (χ3n) is 3.33. The average Bonchev–Trinajstić information content (AvgIpc) is 2.78. The molecule has 0 radical (unpaired) electrons. The fraction of sp³-hybridized carbons (Fsp3) is 0.571. The minimum Gasteiger partial charge on any atom is -0.378 e. The molecule has 1 atom stereocenters. The lowest BCUT2D eigenvalue weighted by molar-refractivity contribution is -0.136. The summed E-state index contributed by atoms with van der Waals surface area (Å²) in [6.45, 7) is 7.93. The van der Waals surface area contributed by atoms with Gasteiger partial charge in [0.1, 0.15) is 6.04 Å². The van der Waals surface area contributed by atoms with Gasteiger partial charge in [-0.15, -0.1) is 11.3 Å². The van der Waals surface area contributed by atoms with Crippen molar-refractivity contribution in [3.8, 4) is 0 Å². The quantitative estimate of drug-likeness (QED) is 0.916. The maximum Gasteiger partial charge on any atom is 0.253 e. The van der Waals surface area contributed by atoms with Crippen LogP contribution in [-0.2, 0) is 9.53 Å². The second-order valence-corrected chi connectivity index (χ2v) is 6.42. The Morgan fingerprint density at radius 2 is 2.00 bits per heavy atom. The van der Waals surface area contributed by atoms with E-state index in [1.54, 1.807) is 23.2 Å².